The molecule has 0 amide bonds. The minimum absolute atomic E-state index is 0.0715. The normalized spacial score (nSPS) is 17.3. The van der Waals surface area contributed by atoms with Crippen LogP contribution < -0.4 is 9.46 Å². The second-order valence-corrected chi connectivity index (χ2v) is 8.33. The molecule has 0 spiro atoms. The Morgan fingerprint density at radius 3 is 2.62 bits per heavy atom. The van der Waals surface area contributed by atoms with E-state index in [4.69, 9.17) is 9.26 Å². The Morgan fingerprint density at radius 1 is 1.35 bits per heavy atom. The lowest BCUT2D eigenvalue weighted by molar-refractivity contribution is 0.346. The lowest BCUT2D eigenvalue weighted by atomic mass is 10.1. The Morgan fingerprint density at radius 2 is 2.04 bits per heavy atom. The van der Waals surface area contributed by atoms with Crippen molar-refractivity contribution in [1.82, 2.24) is 19.2 Å². The maximum Gasteiger partial charge on any atom is 0.280 e. The van der Waals surface area contributed by atoms with E-state index in [-0.39, 0.29) is 11.9 Å². The number of hydrogen-bond donors (Lipinski definition) is 1. The highest BCUT2D eigenvalue weighted by atomic mass is 32.2. The highest BCUT2D eigenvalue weighted by molar-refractivity contribution is 7.87. The number of para-hydroxylation sites is 1. The molecule has 8 nitrogen and oxygen atoms in total. The van der Waals surface area contributed by atoms with Crippen molar-refractivity contribution in [2.24, 2.45) is 5.92 Å². The first-order chi connectivity index (χ1) is 12.3. The number of nitrogens with one attached hydrogen (secondary N) is 1. The van der Waals surface area contributed by atoms with Crippen LogP contribution in [0.5, 0.6) is 5.75 Å². The number of ether oxygens (including phenoxy) is 1. The Bertz CT molecular complexity index is 863. The highest BCUT2D eigenvalue weighted by Gasteiger charge is 2.37. The molecule has 2 aromatic rings. The van der Waals surface area contributed by atoms with Crippen molar-refractivity contribution >= 4 is 10.2 Å². The molecule has 0 saturated heterocycles. The third kappa shape index (κ3) is 3.89. The van der Waals surface area contributed by atoms with Gasteiger partial charge < -0.3 is 9.26 Å². The molecule has 1 N–H and O–H groups in total. The molecular formula is C17H24N4O4S. The maximum absolute atomic E-state index is 13.0. The van der Waals surface area contributed by atoms with E-state index in [9.17, 15) is 8.42 Å². The molecule has 0 radical (unpaired) electrons. The fourth-order valence-corrected chi connectivity index (χ4v) is 4.23. The van der Waals surface area contributed by atoms with Gasteiger partial charge in [0.25, 0.3) is 10.2 Å². The van der Waals surface area contributed by atoms with Crippen molar-refractivity contribution in [1.29, 1.82) is 0 Å². The average molecular weight is 380 g/mol. The molecule has 1 aromatic heterocycles. The minimum atomic E-state index is -3.77. The molecule has 2 atom stereocenters. The van der Waals surface area contributed by atoms with Crippen LogP contribution in [0.15, 0.2) is 28.8 Å². The van der Waals surface area contributed by atoms with Crippen LogP contribution >= 0.6 is 0 Å². The highest BCUT2D eigenvalue weighted by Crippen LogP contribution is 2.36. The molecule has 1 fully saturated rings. The van der Waals surface area contributed by atoms with E-state index in [0.29, 0.717) is 23.1 Å². The van der Waals surface area contributed by atoms with E-state index in [1.807, 2.05) is 19.1 Å². The van der Waals surface area contributed by atoms with Gasteiger partial charge >= 0.3 is 0 Å². The molecule has 1 aromatic carbocycles. The van der Waals surface area contributed by atoms with Crippen molar-refractivity contribution in [3.63, 3.8) is 0 Å². The summed E-state index contributed by atoms with van der Waals surface area (Å²) in [5, 5.41) is 3.92. The third-order valence-electron chi connectivity index (χ3n) is 4.78. The fraction of sp³-hybridized carbons (Fsp3) is 0.529. The van der Waals surface area contributed by atoms with Gasteiger partial charge in [0.1, 0.15) is 11.8 Å². The van der Waals surface area contributed by atoms with Crippen LogP contribution in [0.2, 0.25) is 0 Å². The zero-order chi connectivity index (χ0) is 18.9. The molecule has 142 valence electrons. The summed E-state index contributed by atoms with van der Waals surface area (Å²) >= 11 is 0. The molecule has 0 bridgehead atoms. The zero-order valence-corrected chi connectivity index (χ0v) is 16.2. The molecule has 1 saturated carbocycles. The summed E-state index contributed by atoms with van der Waals surface area (Å²) < 4.78 is 40.4. The van der Waals surface area contributed by atoms with Gasteiger partial charge in [-0.25, -0.2) is 0 Å². The van der Waals surface area contributed by atoms with E-state index in [1.54, 1.807) is 26.1 Å². The van der Waals surface area contributed by atoms with Gasteiger partial charge in [-0.3, -0.25) is 0 Å². The SMILES string of the molecule is COc1ccccc1[C@@H](NS(=O)(=O)N(C)[C@H](C)C1CC1)c1noc(C)n1. The van der Waals surface area contributed by atoms with Gasteiger partial charge in [0.05, 0.1) is 7.11 Å². The number of benzene rings is 1. The molecule has 3 rings (SSSR count). The molecule has 1 aliphatic rings. The summed E-state index contributed by atoms with van der Waals surface area (Å²) in [4.78, 5) is 4.22. The van der Waals surface area contributed by atoms with Gasteiger partial charge in [0, 0.05) is 25.6 Å². The monoisotopic (exact) mass is 380 g/mol. The van der Waals surface area contributed by atoms with Crippen LogP contribution in [0, 0.1) is 12.8 Å². The molecule has 9 heteroatoms. The van der Waals surface area contributed by atoms with Crippen molar-refractivity contribution in [2.75, 3.05) is 14.2 Å². The summed E-state index contributed by atoms with van der Waals surface area (Å²) in [6, 6.07) is 6.28. The number of aryl methyl sites for hydroxylation is 1. The Hall–Kier alpha value is -1.97. The molecular weight excluding hydrogens is 356 g/mol. The zero-order valence-electron chi connectivity index (χ0n) is 15.3. The van der Waals surface area contributed by atoms with E-state index < -0.39 is 16.3 Å². The van der Waals surface area contributed by atoms with Crippen LogP contribution in [0.4, 0.5) is 0 Å². The summed E-state index contributed by atoms with van der Waals surface area (Å²) in [5.41, 5.74) is 0.617. The molecule has 26 heavy (non-hydrogen) atoms. The summed E-state index contributed by atoms with van der Waals surface area (Å²) in [6.45, 7) is 3.58. The maximum atomic E-state index is 13.0. The van der Waals surface area contributed by atoms with E-state index in [2.05, 4.69) is 14.9 Å². The number of hydrogen-bond acceptors (Lipinski definition) is 6. The van der Waals surface area contributed by atoms with Crippen LogP contribution in [0.3, 0.4) is 0 Å². The first-order valence-corrected chi connectivity index (χ1v) is 9.96. The Balaban J connectivity index is 1.96. The molecule has 1 heterocycles. The van der Waals surface area contributed by atoms with E-state index in [1.165, 1.54) is 11.4 Å². The topological polar surface area (TPSA) is 97.6 Å². The van der Waals surface area contributed by atoms with Crippen molar-refractivity contribution < 1.29 is 17.7 Å². The van der Waals surface area contributed by atoms with Gasteiger partial charge in [-0.05, 0) is 31.7 Å². The van der Waals surface area contributed by atoms with Crippen molar-refractivity contribution in [3.8, 4) is 5.75 Å². The summed E-state index contributed by atoms with van der Waals surface area (Å²) in [7, 11) is -0.645. The Kier molecular flexibility index (Phi) is 5.31. The lowest BCUT2D eigenvalue weighted by Gasteiger charge is -2.27. The van der Waals surface area contributed by atoms with Gasteiger partial charge in [-0.1, -0.05) is 23.4 Å². The second-order valence-electron chi connectivity index (χ2n) is 6.56. The number of methoxy groups -OCH3 is 1. The predicted molar refractivity (Wildman–Crippen MR) is 95.9 cm³/mol. The van der Waals surface area contributed by atoms with E-state index >= 15 is 0 Å². The van der Waals surface area contributed by atoms with Crippen LogP contribution in [0.25, 0.3) is 0 Å². The largest absolute Gasteiger partial charge is 0.496 e. The molecule has 0 aliphatic heterocycles. The molecule has 0 unspecified atom stereocenters. The fourth-order valence-electron chi connectivity index (χ4n) is 2.92. The summed E-state index contributed by atoms with van der Waals surface area (Å²) in [6.07, 6.45) is 2.11. The summed E-state index contributed by atoms with van der Waals surface area (Å²) in [5.74, 6) is 1.55. The third-order valence-corrected chi connectivity index (χ3v) is 6.40. The smallest absolute Gasteiger partial charge is 0.280 e. The van der Waals surface area contributed by atoms with Gasteiger partial charge in [-0.15, -0.1) is 0 Å². The van der Waals surface area contributed by atoms with Gasteiger partial charge in [-0.2, -0.15) is 22.4 Å². The quantitative estimate of drug-likeness (QED) is 0.753. The second kappa shape index (κ2) is 7.34. The number of rotatable bonds is 8. The van der Waals surface area contributed by atoms with Crippen LogP contribution in [-0.4, -0.2) is 43.1 Å². The lowest BCUT2D eigenvalue weighted by Crippen LogP contribution is -2.45. The van der Waals surface area contributed by atoms with Crippen molar-refractivity contribution in [2.45, 2.75) is 38.8 Å². The first-order valence-electron chi connectivity index (χ1n) is 8.52. The average Bonchev–Trinajstić information content (AvgIpc) is 3.39. The van der Waals surface area contributed by atoms with Crippen LogP contribution in [0.1, 0.15) is 43.1 Å². The van der Waals surface area contributed by atoms with Gasteiger partial charge in [0.15, 0.2) is 5.82 Å². The number of nitrogens with zero attached hydrogens (tertiary/aromatic N) is 3. The predicted octanol–water partition coefficient (Wildman–Crippen LogP) is 2.04. The minimum Gasteiger partial charge on any atom is -0.496 e. The van der Waals surface area contributed by atoms with Gasteiger partial charge in [0.2, 0.25) is 5.89 Å². The molecule has 1 aliphatic carbocycles. The van der Waals surface area contributed by atoms with Crippen LogP contribution in [-0.2, 0) is 10.2 Å². The Labute approximate surface area is 153 Å². The van der Waals surface area contributed by atoms with Crippen molar-refractivity contribution in [3.05, 3.63) is 41.5 Å². The standard InChI is InChI=1S/C17H24N4O4S/c1-11(13-9-10-13)21(3)26(22,23)20-16(17-18-12(2)25-19-17)14-7-5-6-8-15(14)24-4/h5-8,11,13,16,20H,9-10H2,1-4H3/t11-,16-/m1/s1. The number of aromatic nitrogens is 2. The first kappa shape index (κ1) is 18.8. The van der Waals surface area contributed by atoms with E-state index in [0.717, 1.165) is 12.8 Å².